The predicted octanol–water partition coefficient (Wildman–Crippen LogP) is 0.785. The van der Waals surface area contributed by atoms with Crippen molar-refractivity contribution in [2.24, 2.45) is 0 Å². The van der Waals surface area contributed by atoms with Gasteiger partial charge in [0.15, 0.2) is 0 Å². The molecule has 0 rings (SSSR count). The minimum absolute atomic E-state index is 0.00538. The monoisotopic (exact) mass is 244 g/mol. The minimum Gasteiger partial charge on any atom is -0.460 e. The number of amides is 1. The zero-order chi connectivity index (χ0) is 13.6. The lowest BCUT2D eigenvalue weighted by Crippen LogP contribution is -2.42. The van der Waals surface area contributed by atoms with Gasteiger partial charge in [0.05, 0.1) is 12.5 Å². The van der Waals surface area contributed by atoms with Gasteiger partial charge in [-0.15, -0.1) is 0 Å². The number of carbonyl (C=O) groups is 2. The van der Waals surface area contributed by atoms with Crippen LogP contribution in [-0.2, 0) is 14.3 Å². The summed E-state index contributed by atoms with van der Waals surface area (Å²) < 4.78 is 5.15. The molecule has 0 bridgehead atoms. The summed E-state index contributed by atoms with van der Waals surface area (Å²) in [6.07, 6.45) is 0.266. The first-order chi connectivity index (χ1) is 7.63. The Morgan fingerprint density at radius 3 is 2.24 bits per heavy atom. The molecule has 0 aromatic carbocycles. The SMILES string of the molecule is CC(NCCC(=O)OC(C)(C)C)C(=O)N(C)C. The lowest BCUT2D eigenvalue weighted by molar-refractivity contribution is -0.154. The molecule has 0 saturated heterocycles. The molecule has 17 heavy (non-hydrogen) atoms. The third-order valence-electron chi connectivity index (χ3n) is 2.01. The lowest BCUT2D eigenvalue weighted by atomic mass is 10.2. The zero-order valence-corrected chi connectivity index (χ0v) is 11.7. The van der Waals surface area contributed by atoms with Gasteiger partial charge in [0.1, 0.15) is 5.60 Å². The molecule has 0 saturated carbocycles. The van der Waals surface area contributed by atoms with Gasteiger partial charge in [0.2, 0.25) is 5.91 Å². The molecule has 0 aromatic rings. The molecule has 0 aromatic heterocycles. The first kappa shape index (κ1) is 15.9. The summed E-state index contributed by atoms with van der Waals surface area (Å²) in [5, 5.41) is 2.99. The molecule has 0 heterocycles. The summed E-state index contributed by atoms with van der Waals surface area (Å²) >= 11 is 0. The number of hydrogen-bond acceptors (Lipinski definition) is 4. The van der Waals surface area contributed by atoms with Crippen molar-refractivity contribution >= 4 is 11.9 Å². The molecule has 1 amide bonds. The summed E-state index contributed by atoms with van der Waals surface area (Å²) in [5.41, 5.74) is -0.456. The van der Waals surface area contributed by atoms with Gasteiger partial charge in [-0.25, -0.2) is 0 Å². The van der Waals surface area contributed by atoms with Crippen molar-refractivity contribution in [3.05, 3.63) is 0 Å². The molecule has 1 unspecified atom stereocenters. The number of nitrogens with zero attached hydrogens (tertiary/aromatic N) is 1. The normalized spacial score (nSPS) is 13.1. The van der Waals surface area contributed by atoms with Crippen molar-refractivity contribution in [1.82, 2.24) is 10.2 Å². The van der Waals surface area contributed by atoms with E-state index in [0.29, 0.717) is 6.54 Å². The van der Waals surface area contributed by atoms with Crippen LogP contribution in [0.1, 0.15) is 34.1 Å². The van der Waals surface area contributed by atoms with E-state index in [0.717, 1.165) is 0 Å². The third kappa shape index (κ3) is 7.74. The van der Waals surface area contributed by atoms with Gasteiger partial charge in [-0.3, -0.25) is 9.59 Å². The maximum Gasteiger partial charge on any atom is 0.307 e. The molecule has 0 spiro atoms. The Balaban J connectivity index is 3.85. The second-order valence-electron chi connectivity index (χ2n) is 5.24. The number of esters is 1. The smallest absolute Gasteiger partial charge is 0.307 e. The van der Waals surface area contributed by atoms with Gasteiger partial charge >= 0.3 is 5.97 Å². The van der Waals surface area contributed by atoms with Crippen LogP contribution in [0.15, 0.2) is 0 Å². The van der Waals surface area contributed by atoms with Crippen LogP contribution in [0.5, 0.6) is 0 Å². The Kier molecular flexibility index (Phi) is 6.16. The van der Waals surface area contributed by atoms with Crippen molar-refractivity contribution in [1.29, 1.82) is 0 Å². The second-order valence-corrected chi connectivity index (χ2v) is 5.24. The van der Waals surface area contributed by atoms with Crippen LogP contribution in [-0.4, -0.2) is 49.1 Å². The van der Waals surface area contributed by atoms with Gasteiger partial charge in [-0.05, 0) is 27.7 Å². The van der Waals surface area contributed by atoms with E-state index in [-0.39, 0.29) is 24.3 Å². The quantitative estimate of drug-likeness (QED) is 0.726. The van der Waals surface area contributed by atoms with Crippen molar-refractivity contribution in [2.45, 2.75) is 45.8 Å². The highest BCUT2D eigenvalue weighted by atomic mass is 16.6. The molecular formula is C12H24N2O3. The lowest BCUT2D eigenvalue weighted by Gasteiger charge is -2.20. The summed E-state index contributed by atoms with van der Waals surface area (Å²) in [4.78, 5) is 24.4. The third-order valence-corrected chi connectivity index (χ3v) is 2.01. The highest BCUT2D eigenvalue weighted by molar-refractivity contribution is 5.81. The summed E-state index contributed by atoms with van der Waals surface area (Å²) in [7, 11) is 3.41. The highest BCUT2D eigenvalue weighted by Crippen LogP contribution is 2.07. The van der Waals surface area contributed by atoms with Crippen LogP contribution in [0.2, 0.25) is 0 Å². The second kappa shape index (κ2) is 6.59. The first-order valence-corrected chi connectivity index (χ1v) is 5.80. The van der Waals surface area contributed by atoms with E-state index in [9.17, 15) is 9.59 Å². The van der Waals surface area contributed by atoms with Crippen molar-refractivity contribution in [3.8, 4) is 0 Å². The van der Waals surface area contributed by atoms with E-state index in [1.165, 1.54) is 4.90 Å². The molecule has 0 aliphatic carbocycles. The van der Waals surface area contributed by atoms with Gasteiger partial charge in [-0.1, -0.05) is 0 Å². The zero-order valence-electron chi connectivity index (χ0n) is 11.7. The number of rotatable bonds is 5. The molecule has 0 radical (unpaired) electrons. The van der Waals surface area contributed by atoms with E-state index in [4.69, 9.17) is 4.74 Å². The van der Waals surface area contributed by atoms with Gasteiger partial charge in [0, 0.05) is 20.6 Å². The van der Waals surface area contributed by atoms with E-state index in [1.807, 2.05) is 20.8 Å². The number of likely N-dealkylation sites (N-methyl/N-ethyl adjacent to an activating group) is 1. The van der Waals surface area contributed by atoms with E-state index in [1.54, 1.807) is 21.0 Å². The Hall–Kier alpha value is -1.10. The molecule has 1 N–H and O–H groups in total. The molecule has 100 valence electrons. The molecule has 5 nitrogen and oxygen atoms in total. The Morgan fingerprint density at radius 1 is 1.29 bits per heavy atom. The van der Waals surface area contributed by atoms with Crippen LogP contribution in [0.3, 0.4) is 0 Å². The van der Waals surface area contributed by atoms with Gasteiger partial charge in [-0.2, -0.15) is 0 Å². The fourth-order valence-electron chi connectivity index (χ4n) is 1.26. The van der Waals surface area contributed by atoms with Crippen LogP contribution in [0.25, 0.3) is 0 Å². The first-order valence-electron chi connectivity index (χ1n) is 5.80. The number of hydrogen-bond donors (Lipinski definition) is 1. The summed E-state index contributed by atoms with van der Waals surface area (Å²) in [6, 6.07) is -0.285. The van der Waals surface area contributed by atoms with Gasteiger partial charge in [0.25, 0.3) is 0 Å². The fraction of sp³-hybridized carbons (Fsp3) is 0.833. The Labute approximate surface area is 103 Å². The molecule has 5 heteroatoms. The van der Waals surface area contributed by atoms with Crippen LogP contribution in [0.4, 0.5) is 0 Å². The Morgan fingerprint density at radius 2 is 1.82 bits per heavy atom. The molecular weight excluding hydrogens is 220 g/mol. The minimum atomic E-state index is -0.456. The largest absolute Gasteiger partial charge is 0.460 e. The van der Waals surface area contributed by atoms with Crippen molar-refractivity contribution < 1.29 is 14.3 Å². The number of nitrogens with one attached hydrogen (secondary N) is 1. The van der Waals surface area contributed by atoms with Crippen LogP contribution < -0.4 is 5.32 Å². The topological polar surface area (TPSA) is 58.6 Å². The standard InChI is InChI=1S/C12H24N2O3/c1-9(11(16)14(5)6)13-8-7-10(15)17-12(2,3)4/h9,13H,7-8H2,1-6H3. The average molecular weight is 244 g/mol. The van der Waals surface area contributed by atoms with Crippen molar-refractivity contribution in [2.75, 3.05) is 20.6 Å². The molecule has 0 aliphatic heterocycles. The molecule has 0 aliphatic rings. The Bertz CT molecular complexity index is 269. The van der Waals surface area contributed by atoms with Gasteiger partial charge < -0.3 is 15.0 Å². The van der Waals surface area contributed by atoms with E-state index >= 15 is 0 Å². The number of ether oxygens (including phenoxy) is 1. The average Bonchev–Trinajstić information content (AvgIpc) is 2.13. The maximum atomic E-state index is 11.5. The summed E-state index contributed by atoms with van der Waals surface area (Å²) in [5.74, 6) is -0.260. The van der Waals surface area contributed by atoms with E-state index in [2.05, 4.69) is 5.32 Å². The van der Waals surface area contributed by atoms with Crippen LogP contribution in [0, 0.1) is 0 Å². The predicted molar refractivity (Wildman–Crippen MR) is 66.6 cm³/mol. The van der Waals surface area contributed by atoms with Crippen LogP contribution >= 0.6 is 0 Å². The van der Waals surface area contributed by atoms with Crippen molar-refractivity contribution in [3.63, 3.8) is 0 Å². The summed E-state index contributed by atoms with van der Waals surface area (Å²) in [6.45, 7) is 7.71. The maximum absolute atomic E-state index is 11.5. The van der Waals surface area contributed by atoms with E-state index < -0.39 is 5.60 Å². The number of carbonyl (C=O) groups excluding carboxylic acids is 2. The molecule has 0 fully saturated rings. The fourth-order valence-corrected chi connectivity index (χ4v) is 1.26. The highest BCUT2D eigenvalue weighted by Gasteiger charge is 2.17. The molecule has 1 atom stereocenters.